The van der Waals surface area contributed by atoms with Gasteiger partial charge >= 0.3 is 0 Å². The van der Waals surface area contributed by atoms with E-state index in [0.717, 1.165) is 18.5 Å². The molecule has 5 heterocycles. The minimum absolute atomic E-state index is 0.122. The molecule has 1 saturated heterocycles. The van der Waals surface area contributed by atoms with Crippen molar-refractivity contribution in [3.05, 3.63) is 65.8 Å². The van der Waals surface area contributed by atoms with Gasteiger partial charge in [-0.2, -0.15) is 4.39 Å². The van der Waals surface area contributed by atoms with Crippen LogP contribution in [0.2, 0.25) is 0 Å². The van der Waals surface area contributed by atoms with Gasteiger partial charge in [0.15, 0.2) is 5.78 Å². The van der Waals surface area contributed by atoms with Gasteiger partial charge in [-0.25, -0.2) is 15.0 Å². The number of aromatic nitrogens is 5. The number of hydrogen-bond donors (Lipinski definition) is 3. The molecule has 4 aromatic heterocycles. The predicted molar refractivity (Wildman–Crippen MR) is 138 cm³/mol. The minimum Gasteiger partial charge on any atom is -0.364 e. The van der Waals surface area contributed by atoms with Crippen molar-refractivity contribution in [2.24, 2.45) is 0 Å². The topological polar surface area (TPSA) is 129 Å². The SMILES string of the molecule is O=C(c1ccc(Nc2ccc(C3CC3)nc2)nc1F)c1c[nH]c2ncnc(NC3CC(=O)N(C4CC4)C3)c12. The Balaban J connectivity index is 1.12. The smallest absolute Gasteiger partial charge is 0.226 e. The van der Waals surface area contributed by atoms with Crippen molar-refractivity contribution < 1.29 is 14.0 Å². The van der Waals surface area contributed by atoms with Crippen LogP contribution in [0, 0.1) is 5.95 Å². The number of fused-ring (bicyclic) bond motifs is 1. The molecule has 1 unspecified atom stereocenters. The van der Waals surface area contributed by atoms with E-state index in [1.165, 1.54) is 31.4 Å². The zero-order chi connectivity index (χ0) is 25.8. The number of carbonyl (C=O) groups excluding carboxylic acids is 2. The molecule has 2 aliphatic carbocycles. The Morgan fingerprint density at radius 2 is 1.92 bits per heavy atom. The summed E-state index contributed by atoms with van der Waals surface area (Å²) in [5, 5.41) is 6.81. The fraction of sp³-hybridized carbons (Fsp3) is 0.333. The average molecular weight is 513 g/mol. The largest absolute Gasteiger partial charge is 0.364 e. The number of H-pyrrole nitrogens is 1. The molecule has 1 amide bonds. The maximum absolute atomic E-state index is 15.1. The second kappa shape index (κ2) is 8.86. The molecule has 11 heteroatoms. The van der Waals surface area contributed by atoms with E-state index >= 15 is 4.39 Å². The van der Waals surface area contributed by atoms with Crippen LogP contribution in [0.3, 0.4) is 0 Å². The van der Waals surface area contributed by atoms with Gasteiger partial charge in [-0.3, -0.25) is 14.6 Å². The zero-order valence-electron chi connectivity index (χ0n) is 20.4. The monoisotopic (exact) mass is 512 g/mol. The third-order valence-electron chi connectivity index (χ3n) is 7.35. The highest BCUT2D eigenvalue weighted by molar-refractivity contribution is 6.18. The van der Waals surface area contributed by atoms with E-state index in [4.69, 9.17) is 0 Å². The van der Waals surface area contributed by atoms with Crippen LogP contribution < -0.4 is 10.6 Å². The number of amides is 1. The van der Waals surface area contributed by atoms with Crippen LogP contribution in [0.4, 0.5) is 21.7 Å². The Morgan fingerprint density at radius 3 is 2.66 bits per heavy atom. The van der Waals surface area contributed by atoms with Gasteiger partial charge in [-0.1, -0.05) is 0 Å². The van der Waals surface area contributed by atoms with Gasteiger partial charge < -0.3 is 20.5 Å². The van der Waals surface area contributed by atoms with E-state index in [9.17, 15) is 9.59 Å². The summed E-state index contributed by atoms with van der Waals surface area (Å²) in [6.07, 6.45) is 9.38. The molecule has 1 atom stereocenters. The van der Waals surface area contributed by atoms with Crippen molar-refractivity contribution in [2.45, 2.75) is 50.1 Å². The van der Waals surface area contributed by atoms with Crippen molar-refractivity contribution in [3.8, 4) is 0 Å². The second-order valence-corrected chi connectivity index (χ2v) is 10.2. The normalized spacial score (nSPS) is 19.2. The van der Waals surface area contributed by atoms with Gasteiger partial charge in [0.05, 0.1) is 34.4 Å². The highest BCUT2D eigenvalue weighted by Crippen LogP contribution is 2.39. The second-order valence-electron chi connectivity index (χ2n) is 10.2. The predicted octanol–water partition coefficient (Wildman–Crippen LogP) is 3.91. The first-order valence-corrected chi connectivity index (χ1v) is 12.9. The molecule has 0 radical (unpaired) electrons. The number of ketones is 1. The van der Waals surface area contributed by atoms with Gasteiger partial charge in [-0.15, -0.1) is 0 Å². The highest BCUT2D eigenvalue weighted by Gasteiger charge is 2.39. The number of aromatic amines is 1. The lowest BCUT2D eigenvalue weighted by atomic mass is 10.0. The van der Waals surface area contributed by atoms with Gasteiger partial charge in [0.25, 0.3) is 0 Å². The molecule has 3 fully saturated rings. The molecule has 4 aromatic rings. The molecule has 0 bridgehead atoms. The van der Waals surface area contributed by atoms with Crippen LogP contribution in [-0.4, -0.2) is 60.1 Å². The first-order chi connectivity index (χ1) is 18.5. The third kappa shape index (κ3) is 4.23. The Labute approximate surface area is 217 Å². The van der Waals surface area contributed by atoms with E-state index in [2.05, 4.69) is 35.6 Å². The Morgan fingerprint density at radius 1 is 1.05 bits per heavy atom. The lowest BCUT2D eigenvalue weighted by Crippen LogP contribution is -2.30. The van der Waals surface area contributed by atoms with Crippen LogP contribution in [0.1, 0.15) is 59.6 Å². The van der Waals surface area contributed by atoms with Crippen molar-refractivity contribution in [1.82, 2.24) is 29.8 Å². The van der Waals surface area contributed by atoms with Crippen LogP contribution >= 0.6 is 0 Å². The lowest BCUT2D eigenvalue weighted by Gasteiger charge is -2.17. The molecular formula is C27H25FN8O2. The number of nitrogens with zero attached hydrogens (tertiary/aromatic N) is 5. The van der Waals surface area contributed by atoms with Crippen LogP contribution in [0.25, 0.3) is 11.0 Å². The van der Waals surface area contributed by atoms with E-state index in [1.807, 2.05) is 17.0 Å². The average Bonchev–Trinajstić information content (AvgIpc) is 3.85. The molecule has 3 aliphatic rings. The third-order valence-corrected chi connectivity index (χ3v) is 7.35. The highest BCUT2D eigenvalue weighted by atomic mass is 19.1. The summed E-state index contributed by atoms with van der Waals surface area (Å²) in [7, 11) is 0. The molecule has 38 heavy (non-hydrogen) atoms. The lowest BCUT2D eigenvalue weighted by molar-refractivity contribution is -0.128. The fourth-order valence-electron chi connectivity index (χ4n) is 5.08. The number of pyridine rings is 2. The number of hydrogen-bond acceptors (Lipinski definition) is 8. The summed E-state index contributed by atoms with van der Waals surface area (Å²) >= 11 is 0. The fourth-order valence-corrected chi connectivity index (χ4v) is 5.08. The van der Waals surface area contributed by atoms with Crippen LogP contribution in [0.5, 0.6) is 0 Å². The molecule has 10 nitrogen and oxygen atoms in total. The van der Waals surface area contributed by atoms with E-state index < -0.39 is 11.7 Å². The molecule has 7 rings (SSSR count). The molecule has 1 aliphatic heterocycles. The Kier molecular flexibility index (Phi) is 5.31. The zero-order valence-corrected chi connectivity index (χ0v) is 20.4. The number of anilines is 3. The number of nitrogens with one attached hydrogen (secondary N) is 3. The standard InChI is InChI=1S/C27H25FN8O2/c28-25-18(6-8-21(35-25)33-15-3-7-20(29-10-15)14-1-2-14)24(38)19-11-30-26-23(19)27(32-13-31-26)34-16-9-22(37)36(12-16)17-4-5-17/h3,6-8,10-11,13-14,16-17H,1-2,4-5,9,12H2,(H,33,35)(H2,30,31,32,34). The molecule has 2 saturated carbocycles. The van der Waals surface area contributed by atoms with E-state index in [0.29, 0.717) is 47.5 Å². The van der Waals surface area contributed by atoms with E-state index in [1.54, 1.807) is 12.3 Å². The van der Waals surface area contributed by atoms with Gasteiger partial charge in [0.1, 0.15) is 23.6 Å². The van der Waals surface area contributed by atoms with Crippen molar-refractivity contribution >= 4 is 40.0 Å². The first kappa shape index (κ1) is 22.8. The summed E-state index contributed by atoms with van der Waals surface area (Å²) in [6, 6.07) is 7.04. The summed E-state index contributed by atoms with van der Waals surface area (Å²) in [4.78, 5) is 47.7. The van der Waals surface area contributed by atoms with E-state index in [-0.39, 0.29) is 28.9 Å². The summed E-state index contributed by atoms with van der Waals surface area (Å²) < 4.78 is 15.1. The van der Waals surface area contributed by atoms with Gasteiger partial charge in [-0.05, 0) is 49.9 Å². The van der Waals surface area contributed by atoms with Gasteiger partial charge in [0.2, 0.25) is 11.9 Å². The van der Waals surface area contributed by atoms with Crippen molar-refractivity contribution in [3.63, 3.8) is 0 Å². The molecular weight excluding hydrogens is 487 g/mol. The van der Waals surface area contributed by atoms with Crippen molar-refractivity contribution in [1.29, 1.82) is 0 Å². The van der Waals surface area contributed by atoms with Gasteiger partial charge in [0, 0.05) is 36.8 Å². The number of halogens is 1. The summed E-state index contributed by atoms with van der Waals surface area (Å²) in [6.45, 7) is 0.592. The maximum atomic E-state index is 15.1. The van der Waals surface area contributed by atoms with Crippen LogP contribution in [-0.2, 0) is 4.79 Å². The first-order valence-electron chi connectivity index (χ1n) is 12.9. The maximum Gasteiger partial charge on any atom is 0.226 e. The Bertz CT molecular complexity index is 1560. The number of carbonyl (C=O) groups is 2. The minimum atomic E-state index is -0.885. The van der Waals surface area contributed by atoms with Crippen molar-refractivity contribution in [2.75, 3.05) is 17.2 Å². The Hall–Kier alpha value is -4.41. The molecule has 0 spiro atoms. The summed E-state index contributed by atoms with van der Waals surface area (Å²) in [5.74, 6) is -0.0432. The molecule has 0 aromatic carbocycles. The molecule has 3 N–H and O–H groups in total. The number of rotatable bonds is 8. The summed E-state index contributed by atoms with van der Waals surface area (Å²) in [5.41, 5.74) is 2.27. The quantitative estimate of drug-likeness (QED) is 0.239. The van der Waals surface area contributed by atoms with Crippen LogP contribution in [0.15, 0.2) is 43.0 Å². The molecule has 192 valence electrons. The number of likely N-dealkylation sites (tertiary alicyclic amines) is 1.